The minimum absolute atomic E-state index is 0.00515. The van der Waals surface area contributed by atoms with Gasteiger partial charge in [-0.15, -0.1) is 0 Å². The van der Waals surface area contributed by atoms with E-state index in [1.165, 1.54) is 16.8 Å². The fourth-order valence-corrected chi connectivity index (χ4v) is 4.05. The lowest BCUT2D eigenvalue weighted by Gasteiger charge is -2.17. The van der Waals surface area contributed by atoms with Crippen molar-refractivity contribution in [3.63, 3.8) is 0 Å². The van der Waals surface area contributed by atoms with Crippen LogP contribution in [0.4, 0.5) is 4.39 Å². The second-order valence-corrected chi connectivity index (χ2v) is 8.47. The van der Waals surface area contributed by atoms with Crippen molar-refractivity contribution in [3.8, 4) is 16.9 Å². The number of aliphatic hydroxyl groups excluding tert-OH is 1. The van der Waals surface area contributed by atoms with Gasteiger partial charge < -0.3 is 19.3 Å². The Bertz CT molecular complexity index is 1110. The molecule has 1 aliphatic heterocycles. The Kier molecular flexibility index (Phi) is 8.64. The highest BCUT2D eigenvalue weighted by Crippen LogP contribution is 2.36. The van der Waals surface area contributed by atoms with Gasteiger partial charge in [-0.05, 0) is 38.8 Å². The minimum atomic E-state index is -1.22. The molecule has 2 aromatic rings. The summed E-state index contributed by atoms with van der Waals surface area (Å²) in [7, 11) is 0. The summed E-state index contributed by atoms with van der Waals surface area (Å²) in [6, 6.07) is 2.43. The van der Waals surface area contributed by atoms with Crippen molar-refractivity contribution in [1.82, 2.24) is 9.36 Å². The number of nitrogens with zero attached hydrogens (tertiary/aromatic N) is 2. The van der Waals surface area contributed by atoms with E-state index in [-0.39, 0.29) is 45.8 Å². The van der Waals surface area contributed by atoms with Gasteiger partial charge in [0.1, 0.15) is 29.1 Å². The Hall–Kier alpha value is -2.26. The molecule has 1 N–H and O–H groups in total. The van der Waals surface area contributed by atoms with E-state index in [1.54, 1.807) is 18.5 Å². The van der Waals surface area contributed by atoms with Gasteiger partial charge in [-0.25, -0.2) is 9.07 Å². The Morgan fingerprint density at radius 2 is 1.97 bits per heavy atom. The Morgan fingerprint density at radius 3 is 2.61 bits per heavy atom. The van der Waals surface area contributed by atoms with Crippen molar-refractivity contribution in [2.75, 3.05) is 19.8 Å². The van der Waals surface area contributed by atoms with E-state index in [0.717, 1.165) is 24.5 Å². The van der Waals surface area contributed by atoms with E-state index in [0.29, 0.717) is 25.5 Å². The van der Waals surface area contributed by atoms with E-state index in [1.807, 2.05) is 0 Å². The van der Waals surface area contributed by atoms with Gasteiger partial charge >= 0.3 is 0 Å². The maximum Gasteiger partial charge on any atom is 0.276 e. The summed E-state index contributed by atoms with van der Waals surface area (Å²) in [4.78, 5) is 12.9. The molecule has 1 aliphatic rings. The largest absolute Gasteiger partial charge is 0.495 e. The molecule has 0 bridgehead atoms. The predicted octanol–water partition coefficient (Wildman–Crippen LogP) is 4.77. The molecule has 0 saturated carbocycles. The molecule has 0 spiro atoms. The summed E-state index contributed by atoms with van der Waals surface area (Å²) in [5.41, 5.74) is 0.469. The van der Waals surface area contributed by atoms with Gasteiger partial charge in [0.2, 0.25) is 0 Å². The molecule has 0 aliphatic carbocycles. The highest BCUT2D eigenvalue weighted by Gasteiger charge is 2.25. The average Bonchev–Trinajstić information content (AvgIpc) is 3.02. The standard InChI is InChI=1S/C23H27Cl2FN2O5/c1-4-31-15(9-20(29)33-12-14(2)3)13-32-19-10-16(18(26)11-17(19)24)21-22(25)27-7-5-6-8-28(27)23(21)30/h9-11,20,29H,2,4-8,12-13H2,1,3H3/b15-9+. The van der Waals surface area contributed by atoms with Gasteiger partial charge in [-0.3, -0.25) is 9.48 Å². The molecule has 7 nitrogen and oxygen atoms in total. The van der Waals surface area contributed by atoms with Crippen molar-refractivity contribution in [2.45, 2.75) is 46.1 Å². The fourth-order valence-electron chi connectivity index (χ4n) is 3.49. The lowest BCUT2D eigenvalue weighted by molar-refractivity contribution is -0.0575. The Morgan fingerprint density at radius 1 is 1.27 bits per heavy atom. The molecule has 3 rings (SSSR count). The van der Waals surface area contributed by atoms with Crippen molar-refractivity contribution < 1.29 is 23.7 Å². The monoisotopic (exact) mass is 500 g/mol. The van der Waals surface area contributed by atoms with Gasteiger partial charge in [0.25, 0.3) is 5.56 Å². The molecule has 0 radical (unpaired) electrons. The van der Waals surface area contributed by atoms with Crippen LogP contribution in [-0.2, 0) is 22.6 Å². The first-order valence-electron chi connectivity index (χ1n) is 10.6. The topological polar surface area (TPSA) is 74.9 Å². The highest BCUT2D eigenvalue weighted by atomic mass is 35.5. The second kappa shape index (κ2) is 11.2. The molecule has 0 amide bonds. The van der Waals surface area contributed by atoms with Crippen LogP contribution >= 0.6 is 23.2 Å². The van der Waals surface area contributed by atoms with Gasteiger partial charge in [0.15, 0.2) is 6.29 Å². The Balaban J connectivity index is 1.87. The number of hydrogen-bond donors (Lipinski definition) is 1. The first kappa shape index (κ1) is 25.4. The lowest BCUT2D eigenvalue weighted by atomic mass is 10.1. The zero-order valence-corrected chi connectivity index (χ0v) is 20.1. The number of halogens is 3. The van der Waals surface area contributed by atoms with Gasteiger partial charge in [0, 0.05) is 24.7 Å². The highest BCUT2D eigenvalue weighted by molar-refractivity contribution is 6.33. The van der Waals surface area contributed by atoms with Gasteiger partial charge in [-0.2, -0.15) is 0 Å². The molecule has 1 aromatic carbocycles. The van der Waals surface area contributed by atoms with Gasteiger partial charge in [0.05, 0.1) is 23.8 Å². The SMILES string of the molecule is C=C(C)COC(O)/C=C(\COc1cc(-c2c(Cl)n3n(c2=O)CCCC3)c(F)cc1Cl)OCC. The number of aliphatic hydroxyl groups is 1. The van der Waals surface area contributed by atoms with Crippen LogP contribution in [0.3, 0.4) is 0 Å². The molecule has 1 atom stereocenters. The second-order valence-electron chi connectivity index (χ2n) is 7.70. The summed E-state index contributed by atoms with van der Waals surface area (Å²) in [5.74, 6) is -0.245. The van der Waals surface area contributed by atoms with E-state index in [4.69, 9.17) is 37.4 Å². The van der Waals surface area contributed by atoms with Crippen molar-refractivity contribution in [3.05, 3.63) is 62.5 Å². The number of hydrogen-bond acceptors (Lipinski definition) is 5. The minimum Gasteiger partial charge on any atom is -0.495 e. The zero-order chi connectivity index (χ0) is 24.1. The predicted molar refractivity (Wildman–Crippen MR) is 125 cm³/mol. The van der Waals surface area contributed by atoms with Crippen LogP contribution in [-0.4, -0.2) is 40.6 Å². The van der Waals surface area contributed by atoms with E-state index in [2.05, 4.69) is 6.58 Å². The van der Waals surface area contributed by atoms with E-state index >= 15 is 0 Å². The third kappa shape index (κ3) is 6.00. The van der Waals surface area contributed by atoms with Crippen molar-refractivity contribution >= 4 is 23.2 Å². The molecule has 10 heteroatoms. The van der Waals surface area contributed by atoms with Crippen molar-refractivity contribution in [2.24, 2.45) is 0 Å². The normalized spacial score (nSPS) is 14.7. The quantitative estimate of drug-likeness (QED) is 0.289. The van der Waals surface area contributed by atoms with Crippen molar-refractivity contribution in [1.29, 1.82) is 0 Å². The maximum atomic E-state index is 14.8. The molecule has 0 saturated heterocycles. The third-order valence-corrected chi connectivity index (χ3v) is 5.66. The summed E-state index contributed by atoms with van der Waals surface area (Å²) in [6.07, 6.45) is 1.87. The van der Waals surface area contributed by atoms with Crippen LogP contribution in [0.1, 0.15) is 26.7 Å². The average molecular weight is 501 g/mol. The van der Waals surface area contributed by atoms with Crippen LogP contribution in [0, 0.1) is 5.82 Å². The fraction of sp³-hybridized carbons (Fsp3) is 0.435. The molecular formula is C23H27Cl2FN2O5. The molecular weight excluding hydrogens is 474 g/mol. The molecule has 0 fully saturated rings. The summed E-state index contributed by atoms with van der Waals surface area (Å²) in [5, 5.41) is 10.2. The first-order chi connectivity index (χ1) is 15.7. The third-order valence-electron chi connectivity index (χ3n) is 4.98. The van der Waals surface area contributed by atoms with Gasteiger partial charge in [-0.1, -0.05) is 35.4 Å². The van der Waals surface area contributed by atoms with Crippen LogP contribution in [0.5, 0.6) is 5.75 Å². The van der Waals surface area contributed by atoms with Crippen LogP contribution in [0.15, 0.2) is 40.9 Å². The number of aromatic nitrogens is 2. The number of benzene rings is 1. The summed E-state index contributed by atoms with van der Waals surface area (Å²) < 4.78 is 34.5. The van der Waals surface area contributed by atoms with Crippen LogP contribution < -0.4 is 10.3 Å². The summed E-state index contributed by atoms with van der Waals surface area (Å²) in [6.45, 7) is 8.78. The molecule has 1 unspecified atom stereocenters. The molecule has 2 heterocycles. The summed E-state index contributed by atoms with van der Waals surface area (Å²) >= 11 is 12.6. The molecule has 33 heavy (non-hydrogen) atoms. The van der Waals surface area contributed by atoms with E-state index in [9.17, 15) is 14.3 Å². The lowest BCUT2D eigenvalue weighted by Crippen LogP contribution is -2.27. The first-order valence-corrected chi connectivity index (χ1v) is 11.4. The van der Waals surface area contributed by atoms with E-state index < -0.39 is 12.1 Å². The number of ether oxygens (including phenoxy) is 3. The number of fused-ring (bicyclic) bond motifs is 1. The zero-order valence-electron chi connectivity index (χ0n) is 18.6. The van der Waals surface area contributed by atoms with Crippen LogP contribution in [0.25, 0.3) is 11.1 Å². The van der Waals surface area contributed by atoms with Crippen LogP contribution in [0.2, 0.25) is 10.2 Å². The Labute approximate surface area is 201 Å². The maximum absolute atomic E-state index is 14.8. The smallest absolute Gasteiger partial charge is 0.276 e. The molecule has 180 valence electrons. The number of rotatable bonds is 10. The molecule has 1 aromatic heterocycles.